The molecule has 7 heteroatoms. The van der Waals surface area contributed by atoms with Crippen molar-refractivity contribution in [1.82, 2.24) is 15.3 Å². The van der Waals surface area contributed by atoms with E-state index in [2.05, 4.69) is 15.3 Å². The summed E-state index contributed by atoms with van der Waals surface area (Å²) in [7, 11) is 3.21. The van der Waals surface area contributed by atoms with Gasteiger partial charge in [0.2, 0.25) is 11.9 Å². The fourth-order valence-electron chi connectivity index (χ4n) is 1.18. The third kappa shape index (κ3) is 4.73. The molecule has 0 atom stereocenters. The molecule has 0 aliphatic carbocycles. The van der Waals surface area contributed by atoms with E-state index in [4.69, 9.17) is 4.74 Å². The molecule has 94 valence electrons. The van der Waals surface area contributed by atoms with Crippen LogP contribution in [-0.4, -0.2) is 49.7 Å². The van der Waals surface area contributed by atoms with Crippen LogP contribution in [-0.2, 0) is 9.53 Å². The number of hydrogen-bond donors (Lipinski definition) is 1. The number of carbonyl (C=O) groups excluding carboxylic acids is 1. The highest BCUT2D eigenvalue weighted by Crippen LogP contribution is 2.07. The third-order valence-electron chi connectivity index (χ3n) is 2.02. The maximum absolute atomic E-state index is 12.8. The molecule has 1 heterocycles. The first-order chi connectivity index (χ1) is 8.13. The lowest BCUT2D eigenvalue weighted by Crippen LogP contribution is -2.37. The number of likely N-dealkylation sites (N-methyl/N-ethyl adjacent to an activating group) is 1. The molecule has 0 fully saturated rings. The summed E-state index contributed by atoms with van der Waals surface area (Å²) in [4.78, 5) is 20.2. The molecule has 1 amide bonds. The van der Waals surface area contributed by atoms with Crippen molar-refractivity contribution in [2.45, 2.75) is 0 Å². The molecule has 1 rings (SSSR count). The number of halogens is 1. The van der Waals surface area contributed by atoms with Crippen molar-refractivity contribution in [3.8, 4) is 0 Å². The van der Waals surface area contributed by atoms with Gasteiger partial charge in [0.1, 0.15) is 12.1 Å². The number of amides is 1. The van der Waals surface area contributed by atoms with Gasteiger partial charge in [-0.15, -0.1) is 0 Å². The van der Waals surface area contributed by atoms with Crippen LogP contribution in [0.4, 0.5) is 10.2 Å². The van der Waals surface area contributed by atoms with Crippen molar-refractivity contribution >= 4 is 11.7 Å². The van der Waals surface area contributed by atoms with Gasteiger partial charge in [-0.1, -0.05) is 0 Å². The van der Waals surface area contributed by atoms with E-state index in [-0.39, 0.29) is 12.5 Å². The molecule has 1 aromatic heterocycles. The fourth-order valence-corrected chi connectivity index (χ4v) is 1.18. The normalized spacial score (nSPS) is 10.1. The van der Waals surface area contributed by atoms with Gasteiger partial charge in [0, 0.05) is 26.8 Å². The Bertz CT molecular complexity index is 375. The van der Waals surface area contributed by atoms with Gasteiger partial charge in [-0.25, -0.2) is 9.97 Å². The Hall–Kier alpha value is -1.76. The van der Waals surface area contributed by atoms with E-state index in [0.29, 0.717) is 19.0 Å². The lowest BCUT2D eigenvalue weighted by Gasteiger charge is -2.17. The van der Waals surface area contributed by atoms with Crippen molar-refractivity contribution in [2.24, 2.45) is 0 Å². The van der Waals surface area contributed by atoms with Crippen LogP contribution in [0, 0.1) is 5.95 Å². The molecule has 0 saturated carbocycles. The van der Waals surface area contributed by atoms with Crippen LogP contribution in [0.1, 0.15) is 0 Å². The summed E-state index contributed by atoms with van der Waals surface area (Å²) in [5.74, 6) is -0.440. The van der Waals surface area contributed by atoms with E-state index in [1.165, 1.54) is 11.0 Å². The Morgan fingerprint density at radius 3 is 3.00 bits per heavy atom. The second-order valence-electron chi connectivity index (χ2n) is 3.40. The predicted octanol–water partition coefficient (Wildman–Crippen LogP) is -0.186. The summed E-state index contributed by atoms with van der Waals surface area (Å²) in [5, 5.41) is 2.66. The minimum atomic E-state index is -0.623. The van der Waals surface area contributed by atoms with E-state index in [1.54, 1.807) is 14.2 Å². The zero-order chi connectivity index (χ0) is 12.7. The quantitative estimate of drug-likeness (QED) is 0.553. The standard InChI is InChI=1S/C10H15FN4O2/c1-15(6-10(16)12-3-4-17-2)9-5-8(11)13-7-14-9/h5,7H,3-4,6H2,1-2H3,(H,12,16). The summed E-state index contributed by atoms with van der Waals surface area (Å²) in [6.07, 6.45) is 1.12. The Labute approximate surface area is 98.8 Å². The van der Waals surface area contributed by atoms with E-state index in [9.17, 15) is 9.18 Å². The number of nitrogens with one attached hydrogen (secondary N) is 1. The lowest BCUT2D eigenvalue weighted by atomic mass is 10.4. The second kappa shape index (κ2) is 6.74. The van der Waals surface area contributed by atoms with Gasteiger partial charge in [0.25, 0.3) is 0 Å². The van der Waals surface area contributed by atoms with E-state index < -0.39 is 5.95 Å². The molecule has 6 nitrogen and oxygen atoms in total. The Morgan fingerprint density at radius 1 is 1.59 bits per heavy atom. The highest BCUT2D eigenvalue weighted by molar-refractivity contribution is 5.80. The first kappa shape index (κ1) is 13.3. The zero-order valence-corrected chi connectivity index (χ0v) is 9.81. The molecule has 1 aromatic rings. The average Bonchev–Trinajstić information content (AvgIpc) is 2.29. The molecule has 0 aliphatic heterocycles. The number of nitrogens with zero attached hydrogens (tertiary/aromatic N) is 3. The second-order valence-corrected chi connectivity index (χ2v) is 3.40. The summed E-state index contributed by atoms with van der Waals surface area (Å²) in [6, 6.07) is 1.17. The predicted molar refractivity (Wildman–Crippen MR) is 60.1 cm³/mol. The first-order valence-corrected chi connectivity index (χ1v) is 5.08. The van der Waals surface area contributed by atoms with Gasteiger partial charge in [-0.05, 0) is 0 Å². The minimum absolute atomic E-state index is 0.0974. The molecule has 0 saturated heterocycles. The highest BCUT2D eigenvalue weighted by atomic mass is 19.1. The van der Waals surface area contributed by atoms with Crippen LogP contribution in [0.15, 0.2) is 12.4 Å². The molecule has 0 radical (unpaired) electrons. The van der Waals surface area contributed by atoms with Gasteiger partial charge < -0.3 is 15.0 Å². The summed E-state index contributed by atoms with van der Waals surface area (Å²) >= 11 is 0. The molecular weight excluding hydrogens is 227 g/mol. The third-order valence-corrected chi connectivity index (χ3v) is 2.02. The Morgan fingerprint density at radius 2 is 2.35 bits per heavy atom. The van der Waals surface area contributed by atoms with Gasteiger partial charge in [0.15, 0.2) is 0 Å². The van der Waals surface area contributed by atoms with Crippen LogP contribution in [0.5, 0.6) is 0 Å². The zero-order valence-electron chi connectivity index (χ0n) is 9.81. The minimum Gasteiger partial charge on any atom is -0.383 e. The summed E-state index contributed by atoms with van der Waals surface area (Å²) in [5.41, 5.74) is 0. The molecule has 0 bridgehead atoms. The number of methoxy groups -OCH3 is 1. The van der Waals surface area contributed by atoms with Gasteiger partial charge in [-0.2, -0.15) is 4.39 Å². The van der Waals surface area contributed by atoms with E-state index in [1.807, 2.05) is 0 Å². The van der Waals surface area contributed by atoms with Gasteiger partial charge >= 0.3 is 0 Å². The highest BCUT2D eigenvalue weighted by Gasteiger charge is 2.08. The molecule has 17 heavy (non-hydrogen) atoms. The topological polar surface area (TPSA) is 67.3 Å². The summed E-state index contributed by atoms with van der Waals surface area (Å²) in [6.45, 7) is 0.999. The van der Waals surface area contributed by atoms with Crippen LogP contribution in [0.3, 0.4) is 0 Å². The number of carbonyl (C=O) groups is 1. The first-order valence-electron chi connectivity index (χ1n) is 5.08. The molecular formula is C10H15FN4O2. The average molecular weight is 242 g/mol. The van der Waals surface area contributed by atoms with Gasteiger partial charge in [-0.3, -0.25) is 4.79 Å². The van der Waals surface area contributed by atoms with E-state index >= 15 is 0 Å². The van der Waals surface area contributed by atoms with Crippen LogP contribution < -0.4 is 10.2 Å². The Kier molecular flexibility index (Phi) is 5.28. The van der Waals surface area contributed by atoms with Gasteiger partial charge in [0.05, 0.1) is 13.2 Å². The molecule has 0 spiro atoms. The van der Waals surface area contributed by atoms with Crippen molar-refractivity contribution in [3.05, 3.63) is 18.3 Å². The van der Waals surface area contributed by atoms with Crippen LogP contribution >= 0.6 is 0 Å². The molecule has 1 N–H and O–H groups in total. The lowest BCUT2D eigenvalue weighted by molar-refractivity contribution is -0.119. The number of hydrogen-bond acceptors (Lipinski definition) is 5. The van der Waals surface area contributed by atoms with E-state index in [0.717, 1.165) is 6.33 Å². The smallest absolute Gasteiger partial charge is 0.239 e. The number of anilines is 1. The summed E-state index contributed by atoms with van der Waals surface area (Å²) < 4.78 is 17.6. The maximum atomic E-state index is 12.8. The van der Waals surface area contributed by atoms with Crippen molar-refractivity contribution < 1.29 is 13.9 Å². The molecule has 0 aromatic carbocycles. The fraction of sp³-hybridized carbons (Fsp3) is 0.500. The van der Waals surface area contributed by atoms with Crippen LogP contribution in [0.25, 0.3) is 0 Å². The molecule has 0 unspecified atom stereocenters. The SMILES string of the molecule is COCCNC(=O)CN(C)c1cc(F)ncn1. The number of aromatic nitrogens is 2. The van der Waals surface area contributed by atoms with Crippen molar-refractivity contribution in [1.29, 1.82) is 0 Å². The monoisotopic (exact) mass is 242 g/mol. The number of rotatable bonds is 6. The van der Waals surface area contributed by atoms with Crippen molar-refractivity contribution in [2.75, 3.05) is 38.8 Å². The van der Waals surface area contributed by atoms with Crippen molar-refractivity contribution in [3.63, 3.8) is 0 Å². The van der Waals surface area contributed by atoms with Crippen LogP contribution in [0.2, 0.25) is 0 Å². The Balaban J connectivity index is 2.43. The largest absolute Gasteiger partial charge is 0.383 e. The number of ether oxygens (including phenoxy) is 1. The molecule has 0 aliphatic rings. The maximum Gasteiger partial charge on any atom is 0.239 e.